The van der Waals surface area contributed by atoms with Crippen LogP contribution in [0.15, 0.2) is 36.8 Å². The van der Waals surface area contributed by atoms with Crippen LogP contribution in [0.3, 0.4) is 0 Å². The maximum atomic E-state index is 12.7. The van der Waals surface area contributed by atoms with E-state index in [4.69, 9.17) is 5.11 Å². The molecular weight excluding hydrogens is 235 g/mol. The van der Waals surface area contributed by atoms with Gasteiger partial charge in [-0.05, 0) is 24.1 Å². The number of hydrogen-bond donors (Lipinski definition) is 1. The third kappa shape index (κ3) is 3.41. The molecule has 18 heavy (non-hydrogen) atoms. The summed E-state index contributed by atoms with van der Waals surface area (Å²) in [7, 11) is 0. The summed E-state index contributed by atoms with van der Waals surface area (Å²) in [5.41, 5.74) is 1.58. The molecule has 5 heteroatoms. The van der Waals surface area contributed by atoms with E-state index in [1.807, 2.05) is 4.57 Å². The topological polar surface area (TPSA) is 55.1 Å². The first-order valence-electron chi connectivity index (χ1n) is 5.60. The number of carboxylic acid groups (broad SMARTS) is 1. The average Bonchev–Trinajstić information content (AvgIpc) is 2.75. The molecule has 4 nitrogen and oxygen atoms in total. The first kappa shape index (κ1) is 12.3. The second kappa shape index (κ2) is 5.44. The van der Waals surface area contributed by atoms with Crippen molar-refractivity contribution in [3.8, 4) is 0 Å². The molecule has 0 amide bonds. The molecule has 0 spiro atoms. The van der Waals surface area contributed by atoms with Crippen molar-refractivity contribution in [2.24, 2.45) is 0 Å². The van der Waals surface area contributed by atoms with Crippen molar-refractivity contribution in [3.05, 3.63) is 53.9 Å². The molecule has 2 aromatic rings. The summed E-state index contributed by atoms with van der Waals surface area (Å²) in [5.74, 6) is -1.14. The second-order valence-corrected chi connectivity index (χ2v) is 4.05. The summed E-state index contributed by atoms with van der Waals surface area (Å²) in [6, 6.07) is 6.34. The van der Waals surface area contributed by atoms with Crippen LogP contribution in [0.4, 0.5) is 4.39 Å². The van der Waals surface area contributed by atoms with E-state index >= 15 is 0 Å². The van der Waals surface area contributed by atoms with E-state index in [1.165, 1.54) is 12.1 Å². The zero-order valence-corrected chi connectivity index (χ0v) is 9.71. The highest BCUT2D eigenvalue weighted by Gasteiger charge is 2.04. The zero-order chi connectivity index (χ0) is 13.0. The van der Waals surface area contributed by atoms with Crippen LogP contribution in [0.2, 0.25) is 0 Å². The van der Waals surface area contributed by atoms with E-state index in [2.05, 4.69) is 4.98 Å². The first-order valence-corrected chi connectivity index (χ1v) is 5.60. The Kier molecular flexibility index (Phi) is 3.72. The Morgan fingerprint density at radius 1 is 1.33 bits per heavy atom. The number of benzene rings is 1. The maximum absolute atomic E-state index is 12.7. The number of aryl methyl sites for hydroxylation is 2. The summed E-state index contributed by atoms with van der Waals surface area (Å²) in [4.78, 5) is 14.5. The van der Waals surface area contributed by atoms with Gasteiger partial charge in [-0.15, -0.1) is 0 Å². The number of halogens is 1. The number of imidazole rings is 1. The monoisotopic (exact) mass is 248 g/mol. The van der Waals surface area contributed by atoms with Gasteiger partial charge >= 0.3 is 5.97 Å². The Morgan fingerprint density at radius 3 is 2.72 bits per heavy atom. The van der Waals surface area contributed by atoms with Gasteiger partial charge in [0.25, 0.3) is 0 Å². The maximum Gasteiger partial charge on any atom is 0.309 e. The first-order chi connectivity index (χ1) is 8.63. The SMILES string of the molecule is O=C(O)Cc1cn(CCc2ccc(F)cc2)cn1. The largest absolute Gasteiger partial charge is 0.481 e. The number of aliphatic carboxylic acids is 1. The molecule has 1 N–H and O–H groups in total. The third-order valence-corrected chi connectivity index (χ3v) is 2.59. The predicted octanol–water partition coefficient (Wildman–Crippen LogP) is 1.89. The summed E-state index contributed by atoms with van der Waals surface area (Å²) in [5, 5.41) is 8.63. The van der Waals surface area contributed by atoms with Crippen LogP contribution in [-0.2, 0) is 24.2 Å². The lowest BCUT2D eigenvalue weighted by molar-refractivity contribution is -0.136. The fraction of sp³-hybridized carbons (Fsp3) is 0.231. The van der Waals surface area contributed by atoms with Gasteiger partial charge in [0.15, 0.2) is 0 Å². The minimum Gasteiger partial charge on any atom is -0.481 e. The van der Waals surface area contributed by atoms with Crippen molar-refractivity contribution in [2.45, 2.75) is 19.4 Å². The molecule has 0 bridgehead atoms. The Bertz CT molecular complexity index is 534. The van der Waals surface area contributed by atoms with Crippen LogP contribution in [0, 0.1) is 5.82 Å². The highest BCUT2D eigenvalue weighted by Crippen LogP contribution is 2.05. The lowest BCUT2D eigenvalue weighted by Crippen LogP contribution is -2.01. The van der Waals surface area contributed by atoms with Crippen molar-refractivity contribution in [1.82, 2.24) is 9.55 Å². The molecule has 0 fully saturated rings. The quantitative estimate of drug-likeness (QED) is 0.879. The minimum absolute atomic E-state index is 0.0659. The number of rotatable bonds is 5. The molecule has 0 aliphatic heterocycles. The standard InChI is InChI=1S/C13H13FN2O2/c14-11-3-1-10(2-4-11)5-6-16-8-12(15-9-16)7-13(17)18/h1-4,8-9H,5-7H2,(H,17,18). The van der Waals surface area contributed by atoms with E-state index in [1.54, 1.807) is 24.7 Å². The lowest BCUT2D eigenvalue weighted by atomic mass is 10.1. The molecule has 0 saturated heterocycles. The van der Waals surface area contributed by atoms with Crippen molar-refractivity contribution < 1.29 is 14.3 Å². The zero-order valence-electron chi connectivity index (χ0n) is 9.71. The molecule has 1 aromatic heterocycles. The number of carbonyl (C=O) groups is 1. The van der Waals surface area contributed by atoms with Crippen LogP contribution < -0.4 is 0 Å². The van der Waals surface area contributed by atoms with Gasteiger partial charge in [-0.1, -0.05) is 12.1 Å². The van der Waals surface area contributed by atoms with Crippen molar-refractivity contribution in [2.75, 3.05) is 0 Å². The molecule has 0 unspecified atom stereocenters. The van der Waals surface area contributed by atoms with E-state index in [0.29, 0.717) is 12.2 Å². The molecule has 1 aromatic carbocycles. The number of carboxylic acids is 1. The molecular formula is C13H13FN2O2. The smallest absolute Gasteiger partial charge is 0.309 e. The van der Waals surface area contributed by atoms with Gasteiger partial charge in [-0.25, -0.2) is 9.37 Å². The van der Waals surface area contributed by atoms with E-state index in [-0.39, 0.29) is 12.2 Å². The Labute approximate surface area is 104 Å². The van der Waals surface area contributed by atoms with Crippen LogP contribution in [0.5, 0.6) is 0 Å². The fourth-order valence-corrected chi connectivity index (χ4v) is 1.68. The van der Waals surface area contributed by atoms with E-state index in [9.17, 15) is 9.18 Å². The number of hydrogen-bond acceptors (Lipinski definition) is 2. The summed E-state index contributed by atoms with van der Waals surface area (Å²) in [6.45, 7) is 0.693. The van der Waals surface area contributed by atoms with Gasteiger partial charge in [0.2, 0.25) is 0 Å². The summed E-state index contributed by atoms with van der Waals surface area (Å²) >= 11 is 0. The molecule has 2 rings (SSSR count). The predicted molar refractivity (Wildman–Crippen MR) is 63.7 cm³/mol. The fourth-order valence-electron chi connectivity index (χ4n) is 1.68. The van der Waals surface area contributed by atoms with E-state index < -0.39 is 5.97 Å². The van der Waals surface area contributed by atoms with Crippen LogP contribution in [-0.4, -0.2) is 20.6 Å². The molecule has 0 aliphatic carbocycles. The minimum atomic E-state index is -0.890. The molecule has 0 atom stereocenters. The number of aromatic nitrogens is 2. The van der Waals surface area contributed by atoms with Crippen molar-refractivity contribution in [1.29, 1.82) is 0 Å². The normalized spacial score (nSPS) is 10.5. The number of nitrogens with zero attached hydrogens (tertiary/aromatic N) is 2. The Hall–Kier alpha value is -2.17. The van der Waals surface area contributed by atoms with Crippen LogP contribution in [0.25, 0.3) is 0 Å². The van der Waals surface area contributed by atoms with Gasteiger partial charge < -0.3 is 9.67 Å². The van der Waals surface area contributed by atoms with Gasteiger partial charge in [-0.2, -0.15) is 0 Å². The molecule has 0 radical (unpaired) electrons. The molecule has 94 valence electrons. The van der Waals surface area contributed by atoms with Gasteiger partial charge in [0.05, 0.1) is 18.4 Å². The molecule has 1 heterocycles. The lowest BCUT2D eigenvalue weighted by Gasteiger charge is -2.02. The van der Waals surface area contributed by atoms with Crippen LogP contribution in [0.1, 0.15) is 11.3 Å². The summed E-state index contributed by atoms with van der Waals surface area (Å²) in [6.07, 6.45) is 4.02. The van der Waals surface area contributed by atoms with Gasteiger partial charge in [0.1, 0.15) is 5.82 Å². The van der Waals surface area contributed by atoms with Gasteiger partial charge in [-0.3, -0.25) is 4.79 Å². The van der Waals surface area contributed by atoms with Crippen LogP contribution >= 0.6 is 0 Å². The Balaban J connectivity index is 1.92. The average molecular weight is 248 g/mol. The molecule has 0 saturated carbocycles. The van der Waals surface area contributed by atoms with E-state index in [0.717, 1.165) is 12.0 Å². The second-order valence-electron chi connectivity index (χ2n) is 4.05. The molecule has 0 aliphatic rings. The van der Waals surface area contributed by atoms with Crippen molar-refractivity contribution in [3.63, 3.8) is 0 Å². The Morgan fingerprint density at radius 2 is 2.06 bits per heavy atom. The highest BCUT2D eigenvalue weighted by molar-refractivity contribution is 5.69. The summed E-state index contributed by atoms with van der Waals surface area (Å²) < 4.78 is 14.5. The van der Waals surface area contributed by atoms with Gasteiger partial charge in [0, 0.05) is 12.7 Å². The van der Waals surface area contributed by atoms with Crippen molar-refractivity contribution >= 4 is 5.97 Å². The highest BCUT2D eigenvalue weighted by atomic mass is 19.1. The third-order valence-electron chi connectivity index (χ3n) is 2.59.